The Balaban J connectivity index is 1.65. The van der Waals surface area contributed by atoms with E-state index in [1.165, 1.54) is 19.3 Å². The summed E-state index contributed by atoms with van der Waals surface area (Å²) in [6.45, 7) is 3.53. The smallest absolute Gasteiger partial charge is 0.268 e. The van der Waals surface area contributed by atoms with Crippen molar-refractivity contribution in [3.63, 3.8) is 0 Å². The number of ether oxygens (including phenoxy) is 1. The molecule has 2 aliphatic heterocycles. The summed E-state index contributed by atoms with van der Waals surface area (Å²) in [5.74, 6) is 0.0969. The van der Waals surface area contributed by atoms with E-state index in [2.05, 4.69) is 4.90 Å². The highest BCUT2D eigenvalue weighted by atomic mass is 32.2. The van der Waals surface area contributed by atoms with Gasteiger partial charge in [0.15, 0.2) is 0 Å². The van der Waals surface area contributed by atoms with Gasteiger partial charge in [-0.15, -0.1) is 0 Å². The summed E-state index contributed by atoms with van der Waals surface area (Å²) in [6.07, 6.45) is 6.65. The van der Waals surface area contributed by atoms with Crippen molar-refractivity contribution in [2.75, 3.05) is 38.6 Å². The highest BCUT2D eigenvalue weighted by Crippen LogP contribution is 2.14. The predicted octanol–water partition coefficient (Wildman–Crippen LogP) is 1.39. The molecule has 2 rings (SSSR count). The zero-order valence-electron chi connectivity index (χ0n) is 11.6. The Bertz CT molecular complexity index is 318. The van der Waals surface area contributed by atoms with E-state index in [9.17, 15) is 8.42 Å². The SMILES string of the molecule is O=S(=O)(CCN1CCCCC1)OCC1CCCCO1. The lowest BCUT2D eigenvalue weighted by molar-refractivity contribution is -0.00976. The Morgan fingerprint density at radius 2 is 1.89 bits per heavy atom. The van der Waals surface area contributed by atoms with E-state index >= 15 is 0 Å². The third kappa shape index (κ3) is 5.77. The summed E-state index contributed by atoms with van der Waals surface area (Å²) < 4.78 is 34.2. The Hall–Kier alpha value is -0.170. The molecule has 0 bridgehead atoms. The lowest BCUT2D eigenvalue weighted by Gasteiger charge is -2.26. The average molecular weight is 291 g/mol. The second-order valence-corrected chi connectivity index (χ2v) is 7.20. The third-order valence-electron chi connectivity index (χ3n) is 3.81. The molecule has 0 radical (unpaired) electrons. The van der Waals surface area contributed by atoms with Gasteiger partial charge in [-0.25, -0.2) is 0 Å². The van der Waals surface area contributed by atoms with Crippen molar-refractivity contribution in [1.29, 1.82) is 0 Å². The molecule has 0 spiro atoms. The molecule has 0 aromatic carbocycles. The van der Waals surface area contributed by atoms with Crippen LogP contribution >= 0.6 is 0 Å². The van der Waals surface area contributed by atoms with Crippen LogP contribution in [0.3, 0.4) is 0 Å². The lowest BCUT2D eigenvalue weighted by atomic mass is 10.1. The Labute approximate surface area is 116 Å². The monoisotopic (exact) mass is 291 g/mol. The molecule has 2 saturated heterocycles. The van der Waals surface area contributed by atoms with E-state index in [0.29, 0.717) is 6.54 Å². The molecule has 0 N–H and O–H groups in total. The van der Waals surface area contributed by atoms with Crippen molar-refractivity contribution < 1.29 is 17.3 Å². The highest BCUT2D eigenvalue weighted by molar-refractivity contribution is 7.86. The van der Waals surface area contributed by atoms with E-state index < -0.39 is 10.1 Å². The molecule has 0 aromatic heterocycles. The van der Waals surface area contributed by atoms with Gasteiger partial charge in [-0.2, -0.15) is 8.42 Å². The molecular formula is C13H25NO4S. The van der Waals surface area contributed by atoms with Crippen LogP contribution in [0.1, 0.15) is 38.5 Å². The van der Waals surface area contributed by atoms with Crippen LogP contribution in [-0.2, 0) is 19.0 Å². The van der Waals surface area contributed by atoms with Crippen molar-refractivity contribution in [3.8, 4) is 0 Å². The van der Waals surface area contributed by atoms with Crippen molar-refractivity contribution in [1.82, 2.24) is 4.90 Å². The van der Waals surface area contributed by atoms with Crippen LogP contribution in [0.5, 0.6) is 0 Å². The topological polar surface area (TPSA) is 55.8 Å². The molecule has 0 aromatic rings. The van der Waals surface area contributed by atoms with Gasteiger partial charge in [-0.05, 0) is 45.2 Å². The summed E-state index contributed by atoms with van der Waals surface area (Å²) in [5.41, 5.74) is 0. The summed E-state index contributed by atoms with van der Waals surface area (Å²) >= 11 is 0. The quantitative estimate of drug-likeness (QED) is 0.692. The molecule has 6 heteroatoms. The first kappa shape index (κ1) is 15.2. The van der Waals surface area contributed by atoms with E-state index in [-0.39, 0.29) is 18.5 Å². The van der Waals surface area contributed by atoms with Gasteiger partial charge in [0.1, 0.15) is 0 Å². The first-order valence-corrected chi connectivity index (χ1v) is 8.94. The molecular weight excluding hydrogens is 266 g/mol. The Morgan fingerprint density at radius 1 is 1.11 bits per heavy atom. The highest BCUT2D eigenvalue weighted by Gasteiger charge is 2.20. The minimum absolute atomic E-state index is 0.0430. The average Bonchev–Trinajstić information content (AvgIpc) is 2.46. The molecule has 2 fully saturated rings. The van der Waals surface area contributed by atoms with Gasteiger partial charge >= 0.3 is 0 Å². The zero-order valence-corrected chi connectivity index (χ0v) is 12.4. The van der Waals surface area contributed by atoms with Crippen molar-refractivity contribution in [2.24, 2.45) is 0 Å². The number of piperidine rings is 1. The first-order chi connectivity index (χ1) is 9.16. The van der Waals surface area contributed by atoms with Gasteiger partial charge in [0.2, 0.25) is 0 Å². The van der Waals surface area contributed by atoms with Crippen LogP contribution in [0.25, 0.3) is 0 Å². The maximum Gasteiger partial charge on any atom is 0.268 e. The fraction of sp³-hybridized carbons (Fsp3) is 1.00. The zero-order chi connectivity index (χ0) is 13.6. The van der Waals surface area contributed by atoms with E-state index in [0.717, 1.165) is 39.0 Å². The molecule has 112 valence electrons. The lowest BCUT2D eigenvalue weighted by Crippen LogP contribution is -2.35. The van der Waals surface area contributed by atoms with Crippen LogP contribution in [-0.4, -0.2) is 58.0 Å². The summed E-state index contributed by atoms with van der Waals surface area (Å²) in [4.78, 5) is 2.21. The fourth-order valence-corrected chi connectivity index (χ4v) is 3.56. The molecule has 5 nitrogen and oxygen atoms in total. The number of likely N-dealkylation sites (tertiary alicyclic amines) is 1. The molecule has 0 amide bonds. The van der Waals surface area contributed by atoms with Crippen molar-refractivity contribution >= 4 is 10.1 Å². The fourth-order valence-electron chi connectivity index (χ4n) is 2.60. The maximum absolute atomic E-state index is 11.8. The largest absolute Gasteiger partial charge is 0.376 e. The van der Waals surface area contributed by atoms with Crippen LogP contribution in [0.15, 0.2) is 0 Å². The number of hydrogen-bond donors (Lipinski definition) is 0. The molecule has 2 aliphatic rings. The van der Waals surface area contributed by atoms with Gasteiger partial charge in [0.25, 0.3) is 10.1 Å². The second kappa shape index (κ2) is 7.57. The van der Waals surface area contributed by atoms with Crippen LogP contribution in [0.2, 0.25) is 0 Å². The van der Waals surface area contributed by atoms with E-state index in [1.807, 2.05) is 0 Å². The third-order valence-corrected chi connectivity index (χ3v) is 4.99. The Kier molecular flexibility index (Phi) is 6.06. The second-order valence-electron chi connectivity index (χ2n) is 5.44. The molecule has 19 heavy (non-hydrogen) atoms. The van der Waals surface area contributed by atoms with E-state index in [4.69, 9.17) is 8.92 Å². The molecule has 1 unspecified atom stereocenters. The Morgan fingerprint density at radius 3 is 2.58 bits per heavy atom. The number of nitrogens with zero attached hydrogens (tertiary/aromatic N) is 1. The first-order valence-electron chi connectivity index (χ1n) is 7.37. The normalized spacial score (nSPS) is 26.4. The van der Waals surface area contributed by atoms with Gasteiger partial charge in [0.05, 0.1) is 18.5 Å². The van der Waals surface area contributed by atoms with Gasteiger partial charge < -0.3 is 9.64 Å². The van der Waals surface area contributed by atoms with Crippen LogP contribution in [0, 0.1) is 0 Å². The molecule has 0 aliphatic carbocycles. The van der Waals surface area contributed by atoms with Crippen LogP contribution in [0.4, 0.5) is 0 Å². The standard InChI is InChI=1S/C13H25NO4S/c15-19(16,11-9-14-7-3-1-4-8-14)18-12-13-6-2-5-10-17-13/h13H,1-12H2. The van der Waals surface area contributed by atoms with Crippen LogP contribution < -0.4 is 0 Å². The van der Waals surface area contributed by atoms with Gasteiger partial charge in [-0.1, -0.05) is 6.42 Å². The minimum atomic E-state index is -3.40. The maximum atomic E-state index is 11.8. The van der Waals surface area contributed by atoms with Crippen molar-refractivity contribution in [2.45, 2.75) is 44.6 Å². The number of hydrogen-bond acceptors (Lipinski definition) is 5. The summed E-state index contributed by atoms with van der Waals surface area (Å²) in [5, 5.41) is 0. The summed E-state index contributed by atoms with van der Waals surface area (Å²) in [7, 11) is -3.40. The van der Waals surface area contributed by atoms with Crippen molar-refractivity contribution in [3.05, 3.63) is 0 Å². The van der Waals surface area contributed by atoms with Gasteiger partial charge in [-0.3, -0.25) is 4.18 Å². The molecule has 0 saturated carbocycles. The molecule has 1 atom stereocenters. The minimum Gasteiger partial charge on any atom is -0.376 e. The molecule has 2 heterocycles. The number of rotatable bonds is 6. The summed E-state index contributed by atoms with van der Waals surface area (Å²) in [6, 6.07) is 0. The van der Waals surface area contributed by atoms with Gasteiger partial charge in [0, 0.05) is 13.2 Å². The van der Waals surface area contributed by atoms with E-state index in [1.54, 1.807) is 0 Å². The predicted molar refractivity (Wildman–Crippen MR) is 73.6 cm³/mol.